The van der Waals surface area contributed by atoms with Gasteiger partial charge in [0.1, 0.15) is 5.82 Å². The largest absolute Gasteiger partial charge is 0.345 e. The highest BCUT2D eigenvalue weighted by molar-refractivity contribution is 5.98. The maximum Gasteiger partial charge on any atom is 0.253 e. The van der Waals surface area contributed by atoms with Crippen molar-refractivity contribution in [3.8, 4) is 0 Å². The number of likely N-dealkylation sites (tertiary alicyclic amines) is 1. The molecule has 1 aliphatic heterocycles. The second-order valence-electron chi connectivity index (χ2n) is 8.48. The summed E-state index contributed by atoms with van der Waals surface area (Å²) in [6.07, 6.45) is 4.66. The lowest BCUT2D eigenvalue weighted by atomic mass is 9.80. The molecule has 2 heterocycles. The van der Waals surface area contributed by atoms with Gasteiger partial charge in [0.2, 0.25) is 5.91 Å². The van der Waals surface area contributed by atoms with Gasteiger partial charge in [0, 0.05) is 45.5 Å². The summed E-state index contributed by atoms with van der Waals surface area (Å²) >= 11 is 0. The smallest absolute Gasteiger partial charge is 0.253 e. The van der Waals surface area contributed by atoms with Crippen molar-refractivity contribution in [1.82, 2.24) is 14.8 Å². The molecule has 1 aliphatic carbocycles. The van der Waals surface area contributed by atoms with E-state index in [1.54, 1.807) is 32.4 Å². The van der Waals surface area contributed by atoms with Crippen LogP contribution in [0.4, 0.5) is 5.82 Å². The zero-order valence-electron chi connectivity index (χ0n) is 17.1. The first-order valence-corrected chi connectivity index (χ1v) is 10.2. The van der Waals surface area contributed by atoms with Crippen molar-refractivity contribution in [2.75, 3.05) is 32.5 Å². The fraction of sp³-hybridized carbons (Fsp3) is 0.435. The number of nitrogens with zero attached hydrogens (tertiary/aromatic N) is 3. The Kier molecular flexibility index (Phi) is 5.37. The van der Waals surface area contributed by atoms with Crippen LogP contribution in [0.3, 0.4) is 0 Å². The Morgan fingerprint density at radius 1 is 1.24 bits per heavy atom. The molecule has 0 radical (unpaired) electrons. The summed E-state index contributed by atoms with van der Waals surface area (Å²) in [5, 5.41) is 3.02. The van der Waals surface area contributed by atoms with Crippen LogP contribution in [0.15, 0.2) is 48.7 Å². The minimum atomic E-state index is -0.363. The molecule has 2 aliphatic rings. The number of carbonyl (C=O) groups excluding carboxylic acids is 2. The van der Waals surface area contributed by atoms with Gasteiger partial charge in [0.25, 0.3) is 5.91 Å². The van der Waals surface area contributed by atoms with Crippen LogP contribution in [0, 0.1) is 11.3 Å². The van der Waals surface area contributed by atoms with E-state index < -0.39 is 0 Å². The van der Waals surface area contributed by atoms with E-state index >= 15 is 0 Å². The number of rotatable bonds is 5. The first-order valence-electron chi connectivity index (χ1n) is 10.2. The van der Waals surface area contributed by atoms with E-state index in [9.17, 15) is 9.59 Å². The number of hydrogen-bond acceptors (Lipinski definition) is 4. The van der Waals surface area contributed by atoms with Crippen molar-refractivity contribution in [3.63, 3.8) is 0 Å². The van der Waals surface area contributed by atoms with Gasteiger partial charge in [-0.1, -0.05) is 36.8 Å². The van der Waals surface area contributed by atoms with Crippen LogP contribution in [0.5, 0.6) is 0 Å². The molecule has 152 valence electrons. The number of carbonyl (C=O) groups is 2. The third kappa shape index (κ3) is 3.90. The predicted octanol–water partition coefficient (Wildman–Crippen LogP) is 3.02. The third-order valence-electron chi connectivity index (χ3n) is 6.30. The van der Waals surface area contributed by atoms with Crippen LogP contribution in [0.1, 0.15) is 35.2 Å². The highest BCUT2D eigenvalue weighted by atomic mass is 16.2. The van der Waals surface area contributed by atoms with Gasteiger partial charge in [-0.2, -0.15) is 0 Å². The second kappa shape index (κ2) is 7.95. The minimum absolute atomic E-state index is 0.0394. The molecule has 29 heavy (non-hydrogen) atoms. The molecule has 6 heteroatoms. The first-order chi connectivity index (χ1) is 14.0. The summed E-state index contributed by atoms with van der Waals surface area (Å²) in [6, 6.07) is 13.8. The topological polar surface area (TPSA) is 65.5 Å². The molecule has 0 spiro atoms. The normalized spacial score (nSPS) is 23.6. The predicted molar refractivity (Wildman–Crippen MR) is 112 cm³/mol. The van der Waals surface area contributed by atoms with Crippen molar-refractivity contribution in [1.29, 1.82) is 0 Å². The number of nitrogens with one attached hydrogen (secondary N) is 1. The third-order valence-corrected chi connectivity index (χ3v) is 6.30. The van der Waals surface area contributed by atoms with E-state index in [1.165, 1.54) is 10.5 Å². The second-order valence-corrected chi connectivity index (χ2v) is 8.48. The van der Waals surface area contributed by atoms with E-state index in [2.05, 4.69) is 39.5 Å². The Morgan fingerprint density at radius 2 is 2.03 bits per heavy atom. The average Bonchev–Trinajstić information content (AvgIpc) is 3.26. The molecular formula is C23H28N4O2. The fourth-order valence-electron chi connectivity index (χ4n) is 4.86. The lowest BCUT2D eigenvalue weighted by Gasteiger charge is -2.27. The number of fused-ring (bicyclic) bond motifs is 1. The van der Waals surface area contributed by atoms with E-state index in [-0.39, 0.29) is 17.2 Å². The summed E-state index contributed by atoms with van der Waals surface area (Å²) in [4.78, 5) is 33.8. The molecule has 6 nitrogen and oxygen atoms in total. The van der Waals surface area contributed by atoms with Gasteiger partial charge >= 0.3 is 0 Å². The highest BCUT2D eigenvalue weighted by Gasteiger charge is 2.54. The molecule has 2 amide bonds. The number of benzene rings is 1. The number of aromatic nitrogens is 1. The van der Waals surface area contributed by atoms with Crippen LogP contribution < -0.4 is 5.32 Å². The van der Waals surface area contributed by atoms with Crippen LogP contribution in [0.25, 0.3) is 0 Å². The molecule has 4 rings (SSSR count). The maximum atomic E-state index is 13.4. The lowest BCUT2D eigenvalue weighted by molar-refractivity contribution is -0.126. The number of anilines is 1. The van der Waals surface area contributed by atoms with Crippen LogP contribution in [-0.2, 0) is 11.3 Å². The van der Waals surface area contributed by atoms with Gasteiger partial charge in [-0.3, -0.25) is 14.5 Å². The van der Waals surface area contributed by atoms with Crippen LogP contribution in [0.2, 0.25) is 0 Å². The molecule has 0 bridgehead atoms. The standard InChI is InChI=1S/C23H28N4O2/c1-26(2)21(28)18-10-12-24-20(13-18)25-22(29)23-11-6-9-19(23)15-27(16-23)14-17-7-4-3-5-8-17/h3-5,7-8,10,12-13,19H,6,9,11,14-16H2,1-2H3,(H,24,25,29)/t19-,23-/m1/s1. The Labute approximate surface area is 171 Å². The van der Waals surface area contributed by atoms with Gasteiger partial charge in [0.15, 0.2) is 0 Å². The Balaban J connectivity index is 1.49. The zero-order chi connectivity index (χ0) is 20.4. The molecule has 0 unspecified atom stereocenters. The van der Waals surface area contributed by atoms with Gasteiger partial charge in [-0.05, 0) is 36.5 Å². The Morgan fingerprint density at radius 3 is 2.79 bits per heavy atom. The summed E-state index contributed by atoms with van der Waals surface area (Å²) in [5.74, 6) is 0.759. The molecule has 2 fully saturated rings. The first kappa shape index (κ1) is 19.6. The molecular weight excluding hydrogens is 364 g/mol. The molecule has 2 atom stereocenters. The molecule has 1 saturated carbocycles. The summed E-state index contributed by atoms with van der Waals surface area (Å²) in [7, 11) is 3.42. The Bertz CT molecular complexity index is 899. The van der Waals surface area contributed by atoms with Crippen molar-refractivity contribution in [2.24, 2.45) is 11.3 Å². The summed E-state index contributed by atoms with van der Waals surface area (Å²) in [5.41, 5.74) is 1.44. The average molecular weight is 393 g/mol. The molecule has 1 N–H and O–H groups in total. The van der Waals surface area contributed by atoms with Gasteiger partial charge in [-0.25, -0.2) is 4.98 Å². The number of pyridine rings is 1. The van der Waals surface area contributed by atoms with Crippen molar-refractivity contribution in [3.05, 3.63) is 59.8 Å². The van der Waals surface area contributed by atoms with Crippen LogP contribution in [-0.4, -0.2) is 53.8 Å². The lowest BCUT2D eigenvalue weighted by Crippen LogP contribution is -2.40. The van der Waals surface area contributed by atoms with Gasteiger partial charge in [-0.15, -0.1) is 0 Å². The van der Waals surface area contributed by atoms with Gasteiger partial charge in [0.05, 0.1) is 5.41 Å². The minimum Gasteiger partial charge on any atom is -0.345 e. The van der Waals surface area contributed by atoms with E-state index in [0.717, 1.165) is 38.9 Å². The molecule has 2 aromatic rings. The van der Waals surface area contributed by atoms with E-state index in [1.807, 2.05) is 6.07 Å². The molecule has 1 aromatic carbocycles. The maximum absolute atomic E-state index is 13.4. The SMILES string of the molecule is CN(C)C(=O)c1ccnc(NC(=O)[C@@]23CCC[C@@H]2CN(Cc2ccccc2)C3)c1. The number of amides is 2. The monoisotopic (exact) mass is 392 g/mol. The van der Waals surface area contributed by atoms with Crippen molar-refractivity contribution < 1.29 is 9.59 Å². The number of hydrogen-bond donors (Lipinski definition) is 1. The van der Waals surface area contributed by atoms with Crippen LogP contribution >= 0.6 is 0 Å². The Hall–Kier alpha value is -2.73. The van der Waals surface area contributed by atoms with Crippen molar-refractivity contribution >= 4 is 17.6 Å². The van der Waals surface area contributed by atoms with Crippen molar-refractivity contribution in [2.45, 2.75) is 25.8 Å². The van der Waals surface area contributed by atoms with E-state index in [4.69, 9.17) is 0 Å². The fourth-order valence-corrected chi connectivity index (χ4v) is 4.86. The molecule has 1 aromatic heterocycles. The summed E-state index contributed by atoms with van der Waals surface area (Å²) < 4.78 is 0. The highest BCUT2D eigenvalue weighted by Crippen LogP contribution is 2.49. The van der Waals surface area contributed by atoms with E-state index in [0.29, 0.717) is 17.3 Å². The quantitative estimate of drug-likeness (QED) is 0.849. The zero-order valence-corrected chi connectivity index (χ0v) is 17.1. The molecule has 1 saturated heterocycles. The summed E-state index contributed by atoms with van der Waals surface area (Å²) in [6.45, 7) is 2.60. The van der Waals surface area contributed by atoms with Gasteiger partial charge < -0.3 is 10.2 Å².